The molecule has 0 unspecified atom stereocenters. The van der Waals surface area contributed by atoms with Gasteiger partial charge < -0.3 is 20.3 Å². The summed E-state index contributed by atoms with van der Waals surface area (Å²) in [5.41, 5.74) is 9.13. The van der Waals surface area contributed by atoms with Crippen LogP contribution in [0.5, 0.6) is 5.75 Å². The Morgan fingerprint density at radius 3 is 2.70 bits per heavy atom. The lowest BCUT2D eigenvalue weighted by atomic mass is 9.73. The van der Waals surface area contributed by atoms with Gasteiger partial charge in [-0.05, 0) is 38.1 Å². The van der Waals surface area contributed by atoms with Crippen LogP contribution in [0.2, 0.25) is 0 Å². The lowest BCUT2D eigenvalue weighted by Crippen LogP contribution is -2.62. The quantitative estimate of drug-likeness (QED) is 0.436. The maximum Gasteiger partial charge on any atom is 0.269 e. The maximum absolute atomic E-state index is 12.4. The number of aryl methyl sites for hydroxylation is 1. The van der Waals surface area contributed by atoms with Crippen molar-refractivity contribution in [2.75, 3.05) is 38.1 Å². The molecule has 2 aliphatic rings. The molecule has 2 aromatic carbocycles. The number of nitrogens with zero attached hydrogens (tertiary/aromatic N) is 6. The monoisotopic (exact) mass is 497 g/mol. The van der Waals surface area contributed by atoms with Crippen LogP contribution in [-0.4, -0.2) is 63.8 Å². The number of hydrogen-bond donors (Lipinski definition) is 1. The molecule has 9 nitrogen and oxygen atoms in total. The average molecular weight is 498 g/mol. The molecule has 2 fully saturated rings. The van der Waals surface area contributed by atoms with E-state index in [1.54, 1.807) is 10.9 Å². The Balaban J connectivity index is 1.38. The number of aromatic nitrogens is 4. The number of primary amides is 1. The molecule has 190 valence electrons. The molecule has 6 rings (SSSR count). The Morgan fingerprint density at radius 1 is 1.14 bits per heavy atom. The summed E-state index contributed by atoms with van der Waals surface area (Å²) in [6, 6.07) is 13.8. The highest BCUT2D eigenvalue weighted by atomic mass is 16.5. The van der Waals surface area contributed by atoms with E-state index in [1.807, 2.05) is 55.7 Å². The third-order valence-electron chi connectivity index (χ3n) is 7.43. The van der Waals surface area contributed by atoms with Crippen molar-refractivity contribution in [2.24, 2.45) is 18.2 Å². The van der Waals surface area contributed by atoms with Crippen LogP contribution in [0, 0.1) is 5.41 Å². The second-order valence-electron chi connectivity index (χ2n) is 10.5. The highest BCUT2D eigenvalue weighted by Gasteiger charge is 2.45. The van der Waals surface area contributed by atoms with Crippen LogP contribution >= 0.6 is 0 Å². The Hall–Kier alpha value is -3.98. The summed E-state index contributed by atoms with van der Waals surface area (Å²) in [6.45, 7) is 4.48. The predicted molar refractivity (Wildman–Crippen MR) is 142 cm³/mol. The summed E-state index contributed by atoms with van der Waals surface area (Å²) in [7, 11) is 4.07. The van der Waals surface area contributed by atoms with E-state index in [-0.39, 0.29) is 5.69 Å². The smallest absolute Gasteiger partial charge is 0.269 e. The molecule has 0 radical (unpaired) electrons. The number of nitrogens with two attached hydrogens (primary N) is 1. The fourth-order valence-electron chi connectivity index (χ4n) is 5.75. The largest absolute Gasteiger partial charge is 0.488 e. The molecular weight excluding hydrogens is 466 g/mol. The maximum atomic E-state index is 12.4. The molecule has 0 bridgehead atoms. The zero-order valence-electron chi connectivity index (χ0n) is 21.2. The van der Waals surface area contributed by atoms with Crippen molar-refractivity contribution in [1.29, 1.82) is 0 Å². The van der Waals surface area contributed by atoms with Gasteiger partial charge in [0.05, 0.1) is 11.7 Å². The molecule has 9 heteroatoms. The van der Waals surface area contributed by atoms with E-state index < -0.39 is 5.91 Å². The first-order chi connectivity index (χ1) is 17.9. The lowest BCUT2D eigenvalue weighted by Gasteiger charge is -2.54. The van der Waals surface area contributed by atoms with Crippen molar-refractivity contribution in [3.63, 3.8) is 0 Å². The van der Waals surface area contributed by atoms with Crippen molar-refractivity contribution < 1.29 is 9.53 Å². The highest BCUT2D eigenvalue weighted by Crippen LogP contribution is 2.42. The molecule has 1 spiro atoms. The van der Waals surface area contributed by atoms with Crippen molar-refractivity contribution >= 4 is 22.6 Å². The first-order valence-corrected chi connectivity index (χ1v) is 12.6. The average Bonchev–Trinajstić information content (AvgIpc) is 3.24. The van der Waals surface area contributed by atoms with Crippen LogP contribution in [-0.2, 0) is 13.7 Å². The van der Waals surface area contributed by atoms with Crippen LogP contribution in [0.15, 0.2) is 54.9 Å². The first-order valence-electron chi connectivity index (χ1n) is 12.6. The van der Waals surface area contributed by atoms with E-state index >= 15 is 0 Å². The van der Waals surface area contributed by atoms with Gasteiger partial charge in [-0.15, -0.1) is 0 Å². The van der Waals surface area contributed by atoms with Gasteiger partial charge in [0.1, 0.15) is 23.9 Å². The van der Waals surface area contributed by atoms with Gasteiger partial charge in [-0.1, -0.05) is 30.3 Å². The van der Waals surface area contributed by atoms with Gasteiger partial charge >= 0.3 is 0 Å². The molecule has 4 heterocycles. The number of carbonyl (C=O) groups excluding carboxylic acids is 1. The van der Waals surface area contributed by atoms with Crippen molar-refractivity contribution in [2.45, 2.75) is 19.4 Å². The summed E-state index contributed by atoms with van der Waals surface area (Å²) in [5, 5.41) is 5.46. The van der Waals surface area contributed by atoms with Crippen LogP contribution in [0.1, 0.15) is 28.9 Å². The standard InChI is InChI=1S/C28H31N7O2/c1-33-10-6-9-28(16-33)17-35(18-28)24-13-30-26(27(29)36)25(31-24)21-11-20-14-34(2)32-22(20)12-23(21)37-15-19-7-4-3-5-8-19/h3-5,7-8,11-14H,6,9-10,15-18H2,1-2H3,(H2,29,36). The number of anilines is 1. The third kappa shape index (κ3) is 4.51. The number of amides is 1. The Kier molecular flexibility index (Phi) is 5.79. The number of ether oxygens (including phenoxy) is 1. The SMILES string of the molecule is CN1CCCC2(C1)CN(c1cnc(C(N)=O)c(-c3cc4cn(C)nc4cc3OCc3ccccc3)n1)C2. The normalized spacial score (nSPS) is 17.2. The molecule has 2 aliphatic heterocycles. The van der Waals surface area contributed by atoms with Crippen LogP contribution in [0.3, 0.4) is 0 Å². The summed E-state index contributed by atoms with van der Waals surface area (Å²) in [5.74, 6) is 0.709. The topological polar surface area (TPSA) is 102 Å². The summed E-state index contributed by atoms with van der Waals surface area (Å²) < 4.78 is 8.04. The van der Waals surface area contributed by atoms with Gasteiger partial charge in [0.2, 0.25) is 0 Å². The van der Waals surface area contributed by atoms with Gasteiger partial charge in [0.15, 0.2) is 5.69 Å². The molecule has 2 saturated heterocycles. The zero-order valence-corrected chi connectivity index (χ0v) is 21.2. The number of rotatable bonds is 6. The van der Waals surface area contributed by atoms with Gasteiger partial charge in [-0.3, -0.25) is 9.48 Å². The fourth-order valence-corrected chi connectivity index (χ4v) is 5.75. The number of carbonyl (C=O) groups is 1. The molecule has 37 heavy (non-hydrogen) atoms. The van der Waals surface area contributed by atoms with E-state index in [9.17, 15) is 4.79 Å². The molecule has 2 N–H and O–H groups in total. The lowest BCUT2D eigenvalue weighted by molar-refractivity contribution is 0.0777. The number of benzene rings is 2. The van der Waals surface area contributed by atoms with Crippen molar-refractivity contribution in [3.8, 4) is 17.0 Å². The van der Waals surface area contributed by atoms with Crippen molar-refractivity contribution in [1.82, 2.24) is 24.6 Å². The van der Waals surface area contributed by atoms with E-state index in [1.165, 1.54) is 12.8 Å². The van der Waals surface area contributed by atoms with Crippen molar-refractivity contribution in [3.05, 3.63) is 66.1 Å². The van der Waals surface area contributed by atoms with Crippen LogP contribution < -0.4 is 15.4 Å². The van der Waals surface area contributed by atoms with Gasteiger partial charge in [0, 0.05) is 55.3 Å². The molecule has 1 amide bonds. The summed E-state index contributed by atoms with van der Waals surface area (Å²) in [4.78, 5) is 26.5. The molecule has 4 aromatic rings. The number of hydrogen-bond acceptors (Lipinski definition) is 7. The highest BCUT2D eigenvalue weighted by molar-refractivity contribution is 5.99. The number of likely N-dealkylation sites (tertiary alicyclic amines) is 1. The van der Waals surface area contributed by atoms with Crippen LogP contribution in [0.4, 0.5) is 5.82 Å². The first kappa shape index (κ1) is 23.4. The molecule has 0 atom stereocenters. The molecule has 0 saturated carbocycles. The Bertz CT molecular complexity index is 1460. The molecular formula is C28H31N7O2. The second-order valence-corrected chi connectivity index (χ2v) is 10.5. The van der Waals surface area contributed by atoms with Crippen LogP contribution in [0.25, 0.3) is 22.2 Å². The van der Waals surface area contributed by atoms with E-state index in [4.69, 9.17) is 15.5 Å². The van der Waals surface area contributed by atoms with E-state index in [0.717, 1.165) is 48.5 Å². The third-order valence-corrected chi connectivity index (χ3v) is 7.43. The van der Waals surface area contributed by atoms with Gasteiger partial charge in [0.25, 0.3) is 5.91 Å². The van der Waals surface area contributed by atoms with E-state index in [0.29, 0.717) is 29.0 Å². The van der Waals surface area contributed by atoms with Gasteiger partial charge in [-0.25, -0.2) is 9.97 Å². The predicted octanol–water partition coefficient (Wildman–Crippen LogP) is 3.24. The Labute approximate surface area is 215 Å². The Morgan fingerprint density at radius 2 is 1.95 bits per heavy atom. The number of piperidine rings is 1. The molecule has 0 aliphatic carbocycles. The second kappa shape index (κ2) is 9.15. The minimum Gasteiger partial charge on any atom is -0.488 e. The summed E-state index contributed by atoms with van der Waals surface area (Å²) in [6.07, 6.45) is 6.04. The summed E-state index contributed by atoms with van der Waals surface area (Å²) >= 11 is 0. The van der Waals surface area contributed by atoms with E-state index in [2.05, 4.69) is 26.9 Å². The minimum absolute atomic E-state index is 0.129. The zero-order chi connectivity index (χ0) is 25.6. The fraction of sp³-hybridized carbons (Fsp3) is 0.357. The number of fused-ring (bicyclic) bond motifs is 1. The molecule has 2 aromatic heterocycles. The van der Waals surface area contributed by atoms with Gasteiger partial charge in [-0.2, -0.15) is 5.10 Å². The minimum atomic E-state index is -0.622.